The van der Waals surface area contributed by atoms with E-state index in [-0.39, 0.29) is 12.1 Å². The minimum absolute atomic E-state index is 0.148. The number of hydrogen-bond donors (Lipinski definition) is 0. The minimum atomic E-state index is -1.64. The number of methoxy groups -OCH3 is 2. The van der Waals surface area contributed by atoms with Crippen molar-refractivity contribution < 1.29 is 28.6 Å². The quantitative estimate of drug-likeness (QED) is 0.511. The fraction of sp³-hybridized carbons (Fsp3) is 0.360. The summed E-state index contributed by atoms with van der Waals surface area (Å²) < 4.78 is 16.3. The first-order valence-corrected chi connectivity index (χ1v) is 10.6. The Labute approximate surface area is 192 Å². The number of ether oxygens (including phenoxy) is 3. The van der Waals surface area contributed by atoms with Gasteiger partial charge in [-0.3, -0.25) is 14.5 Å². The fourth-order valence-corrected chi connectivity index (χ4v) is 4.14. The van der Waals surface area contributed by atoms with Crippen molar-refractivity contribution in [2.24, 2.45) is 16.3 Å². The number of carbonyl (C=O) groups excluding carboxylic acids is 3. The summed E-state index contributed by atoms with van der Waals surface area (Å²) in [7, 11) is 3.08. The second-order valence-electron chi connectivity index (χ2n) is 9.05. The summed E-state index contributed by atoms with van der Waals surface area (Å²) in [5, 5.41) is 0. The molecule has 2 unspecified atom stereocenters. The van der Waals surface area contributed by atoms with Crippen molar-refractivity contribution in [3.8, 4) is 11.5 Å². The standard InChI is InChI=1S/C25H26N2O6/c1-24(2,3)21-23(30)33-25(26-21,15-6-10-17(31-4)11-7-15)19-14-20(28)27(22(19)29)16-8-12-18(32-5)13-9-16/h6-13,19H,14H2,1-5H3. The van der Waals surface area contributed by atoms with Crippen molar-refractivity contribution in [1.29, 1.82) is 0 Å². The van der Waals surface area contributed by atoms with Gasteiger partial charge in [-0.25, -0.2) is 9.79 Å². The van der Waals surface area contributed by atoms with Crippen LogP contribution in [0.2, 0.25) is 0 Å². The summed E-state index contributed by atoms with van der Waals surface area (Å²) >= 11 is 0. The van der Waals surface area contributed by atoms with E-state index in [4.69, 9.17) is 19.2 Å². The van der Waals surface area contributed by atoms with Crippen molar-refractivity contribution in [3.05, 3.63) is 54.1 Å². The molecule has 0 saturated carbocycles. The SMILES string of the molecule is COc1ccc(N2C(=O)CC(C3(c4ccc(OC)cc4)N=C(C(C)(C)C)C(=O)O3)C2=O)cc1. The van der Waals surface area contributed by atoms with E-state index in [1.165, 1.54) is 7.11 Å². The molecule has 2 aromatic rings. The van der Waals surface area contributed by atoms with Gasteiger partial charge in [-0.1, -0.05) is 20.8 Å². The van der Waals surface area contributed by atoms with E-state index in [2.05, 4.69) is 0 Å². The highest BCUT2D eigenvalue weighted by atomic mass is 16.6. The number of amides is 2. The molecule has 0 N–H and O–H groups in total. The van der Waals surface area contributed by atoms with Gasteiger partial charge in [0.25, 0.3) is 0 Å². The van der Waals surface area contributed by atoms with Gasteiger partial charge in [0.15, 0.2) is 0 Å². The Morgan fingerprint density at radius 1 is 0.939 bits per heavy atom. The number of benzene rings is 2. The first kappa shape index (κ1) is 22.5. The number of nitrogens with zero attached hydrogens (tertiary/aromatic N) is 2. The molecule has 0 spiro atoms. The fourth-order valence-electron chi connectivity index (χ4n) is 4.14. The summed E-state index contributed by atoms with van der Waals surface area (Å²) in [6, 6.07) is 13.4. The van der Waals surface area contributed by atoms with Crippen LogP contribution < -0.4 is 14.4 Å². The summed E-state index contributed by atoms with van der Waals surface area (Å²) in [6.07, 6.45) is -0.148. The van der Waals surface area contributed by atoms with Crippen LogP contribution in [-0.2, 0) is 24.8 Å². The van der Waals surface area contributed by atoms with Crippen LogP contribution >= 0.6 is 0 Å². The number of anilines is 1. The largest absolute Gasteiger partial charge is 0.497 e. The van der Waals surface area contributed by atoms with E-state index in [0.29, 0.717) is 22.7 Å². The Kier molecular flexibility index (Phi) is 5.47. The summed E-state index contributed by atoms with van der Waals surface area (Å²) in [5.74, 6) is -1.27. The molecule has 33 heavy (non-hydrogen) atoms. The molecule has 4 rings (SSSR count). The summed E-state index contributed by atoms with van der Waals surface area (Å²) in [5.41, 5.74) is -1.10. The maximum absolute atomic E-state index is 13.6. The van der Waals surface area contributed by atoms with Crippen molar-refractivity contribution in [3.63, 3.8) is 0 Å². The Morgan fingerprint density at radius 2 is 1.48 bits per heavy atom. The van der Waals surface area contributed by atoms with Crippen molar-refractivity contribution in [2.75, 3.05) is 19.1 Å². The number of hydrogen-bond acceptors (Lipinski definition) is 7. The molecule has 2 aliphatic rings. The molecule has 0 bridgehead atoms. The zero-order chi connectivity index (χ0) is 24.0. The normalized spacial score (nSPS) is 22.9. The predicted molar refractivity (Wildman–Crippen MR) is 121 cm³/mol. The molecule has 172 valence electrons. The Bertz CT molecular complexity index is 1130. The second kappa shape index (κ2) is 8.03. The average molecular weight is 450 g/mol. The number of carbonyl (C=O) groups is 3. The first-order valence-electron chi connectivity index (χ1n) is 10.6. The van der Waals surface area contributed by atoms with Crippen LogP contribution in [0.1, 0.15) is 32.8 Å². The molecular formula is C25H26N2O6. The van der Waals surface area contributed by atoms with Crippen LogP contribution in [0.25, 0.3) is 0 Å². The summed E-state index contributed by atoms with van der Waals surface area (Å²) in [6.45, 7) is 5.55. The third-order valence-corrected chi connectivity index (χ3v) is 5.88. The van der Waals surface area contributed by atoms with Gasteiger partial charge in [0, 0.05) is 17.4 Å². The van der Waals surface area contributed by atoms with Crippen LogP contribution in [0.3, 0.4) is 0 Å². The van der Waals surface area contributed by atoms with Gasteiger partial charge < -0.3 is 14.2 Å². The Balaban J connectivity index is 1.81. The van der Waals surface area contributed by atoms with Gasteiger partial charge in [0.1, 0.15) is 23.1 Å². The predicted octanol–water partition coefficient (Wildman–Crippen LogP) is 3.48. The molecule has 1 saturated heterocycles. The number of aliphatic imine (C=N–C) groups is 1. The zero-order valence-electron chi connectivity index (χ0n) is 19.2. The number of esters is 1. The topological polar surface area (TPSA) is 94.5 Å². The maximum atomic E-state index is 13.6. The highest BCUT2D eigenvalue weighted by Crippen LogP contribution is 2.47. The summed E-state index contributed by atoms with van der Waals surface area (Å²) in [4.78, 5) is 45.3. The number of cyclic esters (lactones) is 1. The molecule has 0 radical (unpaired) electrons. The van der Waals surface area contributed by atoms with E-state index < -0.39 is 34.8 Å². The smallest absolute Gasteiger partial charge is 0.355 e. The maximum Gasteiger partial charge on any atom is 0.355 e. The van der Waals surface area contributed by atoms with Crippen LogP contribution in [0.5, 0.6) is 11.5 Å². The van der Waals surface area contributed by atoms with E-state index in [1.807, 2.05) is 20.8 Å². The van der Waals surface area contributed by atoms with E-state index in [1.54, 1.807) is 55.6 Å². The number of rotatable bonds is 5. The lowest BCUT2D eigenvalue weighted by atomic mass is 9.86. The Morgan fingerprint density at radius 3 is 1.97 bits per heavy atom. The first-order chi connectivity index (χ1) is 15.6. The zero-order valence-corrected chi connectivity index (χ0v) is 19.2. The van der Waals surface area contributed by atoms with E-state index in [0.717, 1.165) is 4.90 Å². The second-order valence-corrected chi connectivity index (χ2v) is 9.05. The highest BCUT2D eigenvalue weighted by molar-refractivity contribution is 6.39. The molecule has 2 atom stereocenters. The van der Waals surface area contributed by atoms with Gasteiger partial charge in [-0.15, -0.1) is 0 Å². The van der Waals surface area contributed by atoms with Gasteiger partial charge in [-0.2, -0.15) is 0 Å². The van der Waals surface area contributed by atoms with Gasteiger partial charge in [-0.05, 0) is 48.5 Å². The molecule has 2 aliphatic heterocycles. The molecule has 0 aromatic heterocycles. The van der Waals surface area contributed by atoms with Crippen LogP contribution in [-0.4, -0.2) is 37.7 Å². The Hall–Kier alpha value is -3.68. The van der Waals surface area contributed by atoms with Crippen molar-refractivity contribution >= 4 is 29.2 Å². The molecule has 2 aromatic carbocycles. The average Bonchev–Trinajstić information content (AvgIpc) is 3.31. The monoisotopic (exact) mass is 450 g/mol. The van der Waals surface area contributed by atoms with Gasteiger partial charge in [0.05, 0.1) is 19.9 Å². The minimum Gasteiger partial charge on any atom is -0.497 e. The van der Waals surface area contributed by atoms with Crippen LogP contribution in [0, 0.1) is 11.3 Å². The molecular weight excluding hydrogens is 424 g/mol. The van der Waals surface area contributed by atoms with Gasteiger partial charge in [0.2, 0.25) is 17.5 Å². The third-order valence-electron chi connectivity index (χ3n) is 5.88. The lowest BCUT2D eigenvalue weighted by Crippen LogP contribution is -2.40. The molecule has 1 fully saturated rings. The lowest BCUT2D eigenvalue weighted by Gasteiger charge is -2.30. The van der Waals surface area contributed by atoms with Crippen molar-refractivity contribution in [2.45, 2.75) is 32.9 Å². The molecule has 2 heterocycles. The molecule has 8 heteroatoms. The van der Waals surface area contributed by atoms with Crippen LogP contribution in [0.15, 0.2) is 53.5 Å². The lowest BCUT2D eigenvalue weighted by molar-refractivity contribution is -0.156. The molecule has 8 nitrogen and oxygen atoms in total. The molecule has 0 aliphatic carbocycles. The highest BCUT2D eigenvalue weighted by Gasteiger charge is 2.59. The molecule has 2 amide bonds. The van der Waals surface area contributed by atoms with Gasteiger partial charge >= 0.3 is 5.97 Å². The van der Waals surface area contributed by atoms with E-state index in [9.17, 15) is 14.4 Å². The van der Waals surface area contributed by atoms with Crippen LogP contribution in [0.4, 0.5) is 5.69 Å². The number of imide groups is 1. The third kappa shape index (κ3) is 3.75. The van der Waals surface area contributed by atoms with E-state index >= 15 is 0 Å². The van der Waals surface area contributed by atoms with Crippen molar-refractivity contribution in [1.82, 2.24) is 0 Å².